The second-order valence-electron chi connectivity index (χ2n) is 5.74. The zero-order chi connectivity index (χ0) is 18.4. The number of hydrogen-bond acceptors (Lipinski definition) is 5. The van der Waals surface area contributed by atoms with Crippen LogP contribution in [0.3, 0.4) is 0 Å². The van der Waals surface area contributed by atoms with Crippen LogP contribution < -0.4 is 15.4 Å². The van der Waals surface area contributed by atoms with Gasteiger partial charge in [-0.05, 0) is 24.6 Å². The van der Waals surface area contributed by atoms with Gasteiger partial charge in [0.25, 0.3) is 0 Å². The van der Waals surface area contributed by atoms with Crippen molar-refractivity contribution in [3.8, 4) is 5.75 Å². The van der Waals surface area contributed by atoms with E-state index in [1.54, 1.807) is 31.2 Å². The molecule has 0 aromatic heterocycles. The summed E-state index contributed by atoms with van der Waals surface area (Å²) in [6.45, 7) is 2.31. The molecule has 6 nitrogen and oxygen atoms in total. The van der Waals surface area contributed by atoms with E-state index in [0.717, 1.165) is 5.56 Å². The zero-order valence-electron chi connectivity index (χ0n) is 14.4. The van der Waals surface area contributed by atoms with Gasteiger partial charge >= 0.3 is 5.97 Å². The fourth-order valence-corrected chi connectivity index (χ4v) is 2.69. The van der Waals surface area contributed by atoms with Crippen molar-refractivity contribution in [3.05, 3.63) is 78.0 Å². The summed E-state index contributed by atoms with van der Waals surface area (Å²) < 4.78 is 11.0. The van der Waals surface area contributed by atoms with E-state index in [9.17, 15) is 9.59 Å². The lowest BCUT2D eigenvalue weighted by Crippen LogP contribution is -2.62. The highest BCUT2D eigenvalue weighted by Crippen LogP contribution is 2.26. The van der Waals surface area contributed by atoms with Gasteiger partial charge in [0.2, 0.25) is 11.6 Å². The largest absolute Gasteiger partial charge is 0.489 e. The molecule has 0 saturated carbocycles. The van der Waals surface area contributed by atoms with Crippen molar-refractivity contribution in [2.75, 3.05) is 6.61 Å². The monoisotopic (exact) mass is 352 g/mol. The highest BCUT2D eigenvalue weighted by atomic mass is 16.5. The van der Waals surface area contributed by atoms with Crippen LogP contribution in [0.2, 0.25) is 0 Å². The minimum atomic E-state index is -1.48. The molecular formula is C20H20N2O4. The molecule has 0 aliphatic carbocycles. The number of benzene rings is 2. The smallest absolute Gasteiger partial charge is 0.357 e. The highest BCUT2D eigenvalue weighted by molar-refractivity contribution is 5.95. The average Bonchev–Trinajstić information content (AvgIpc) is 2.67. The quantitative estimate of drug-likeness (QED) is 0.780. The van der Waals surface area contributed by atoms with Crippen molar-refractivity contribution in [3.63, 3.8) is 0 Å². The summed E-state index contributed by atoms with van der Waals surface area (Å²) >= 11 is 0. The Labute approximate surface area is 151 Å². The lowest BCUT2D eigenvalue weighted by molar-refractivity contribution is -0.155. The zero-order valence-corrected chi connectivity index (χ0v) is 14.4. The minimum absolute atomic E-state index is 0.200. The first-order valence-electron chi connectivity index (χ1n) is 8.35. The molecule has 2 aromatic carbocycles. The Morgan fingerprint density at radius 2 is 1.92 bits per heavy atom. The van der Waals surface area contributed by atoms with E-state index < -0.39 is 11.6 Å². The van der Waals surface area contributed by atoms with Crippen LogP contribution in [0.4, 0.5) is 0 Å². The lowest BCUT2D eigenvalue weighted by atomic mass is 9.97. The fourth-order valence-electron chi connectivity index (χ4n) is 2.69. The predicted octanol–water partition coefficient (Wildman–Crippen LogP) is 2.21. The molecule has 134 valence electrons. The lowest BCUT2D eigenvalue weighted by Gasteiger charge is -2.34. The van der Waals surface area contributed by atoms with Crippen LogP contribution in [0.5, 0.6) is 5.75 Å². The number of carbonyl (C=O) groups excluding carboxylic acids is 2. The summed E-state index contributed by atoms with van der Waals surface area (Å²) in [6, 6.07) is 16.8. The molecule has 0 spiro atoms. The van der Waals surface area contributed by atoms with Gasteiger partial charge in [0.05, 0.1) is 6.61 Å². The minimum Gasteiger partial charge on any atom is -0.489 e. The van der Waals surface area contributed by atoms with E-state index in [1.165, 1.54) is 12.3 Å². The average molecular weight is 352 g/mol. The Hall–Kier alpha value is -3.28. The molecule has 0 radical (unpaired) electrons. The standard InChI is InChI=1S/C20H20N2O4/c1-2-25-19(24)20(21-12-11-18(23)22-20)16-9-6-10-17(13-16)26-14-15-7-4-3-5-8-15/h3-13,21H,2,14H2,1H3,(H,22,23). The van der Waals surface area contributed by atoms with Gasteiger partial charge in [-0.3, -0.25) is 4.79 Å². The van der Waals surface area contributed by atoms with Crippen LogP contribution in [-0.4, -0.2) is 18.5 Å². The first-order chi connectivity index (χ1) is 12.6. The summed E-state index contributed by atoms with van der Waals surface area (Å²) in [5.74, 6) is -0.383. The molecule has 1 unspecified atom stereocenters. The van der Waals surface area contributed by atoms with Crippen LogP contribution in [0.1, 0.15) is 18.1 Å². The predicted molar refractivity (Wildman–Crippen MR) is 95.9 cm³/mol. The van der Waals surface area contributed by atoms with Gasteiger partial charge < -0.3 is 20.1 Å². The van der Waals surface area contributed by atoms with Crippen LogP contribution in [0, 0.1) is 0 Å². The number of ether oxygens (including phenoxy) is 2. The van der Waals surface area contributed by atoms with E-state index >= 15 is 0 Å². The maximum absolute atomic E-state index is 12.6. The van der Waals surface area contributed by atoms with E-state index in [1.807, 2.05) is 30.3 Å². The summed E-state index contributed by atoms with van der Waals surface area (Å²) in [6.07, 6.45) is 2.75. The third-order valence-corrected chi connectivity index (χ3v) is 3.94. The molecule has 1 aliphatic rings. The topological polar surface area (TPSA) is 76.7 Å². The third-order valence-electron chi connectivity index (χ3n) is 3.94. The molecule has 0 fully saturated rings. The van der Waals surface area contributed by atoms with Gasteiger partial charge in [-0.2, -0.15) is 0 Å². The highest BCUT2D eigenvalue weighted by Gasteiger charge is 2.44. The van der Waals surface area contributed by atoms with Gasteiger partial charge in [-0.25, -0.2) is 4.79 Å². The van der Waals surface area contributed by atoms with E-state index in [4.69, 9.17) is 9.47 Å². The second-order valence-corrected chi connectivity index (χ2v) is 5.74. The van der Waals surface area contributed by atoms with Crippen LogP contribution >= 0.6 is 0 Å². The fraction of sp³-hybridized carbons (Fsp3) is 0.200. The van der Waals surface area contributed by atoms with Crippen LogP contribution in [-0.2, 0) is 26.6 Å². The Morgan fingerprint density at radius 3 is 2.65 bits per heavy atom. The molecular weight excluding hydrogens is 332 g/mol. The van der Waals surface area contributed by atoms with Crippen LogP contribution in [0.25, 0.3) is 0 Å². The van der Waals surface area contributed by atoms with Gasteiger partial charge in [-0.15, -0.1) is 0 Å². The van der Waals surface area contributed by atoms with Gasteiger partial charge in [0, 0.05) is 17.8 Å². The number of nitrogens with one attached hydrogen (secondary N) is 2. The number of carbonyl (C=O) groups is 2. The maximum Gasteiger partial charge on any atom is 0.357 e. The Balaban J connectivity index is 1.86. The van der Waals surface area contributed by atoms with Gasteiger partial charge in [0.1, 0.15) is 12.4 Å². The van der Waals surface area contributed by atoms with E-state index in [2.05, 4.69) is 10.6 Å². The summed E-state index contributed by atoms with van der Waals surface area (Å²) in [4.78, 5) is 24.5. The molecule has 1 heterocycles. The van der Waals surface area contributed by atoms with E-state index in [0.29, 0.717) is 17.9 Å². The molecule has 26 heavy (non-hydrogen) atoms. The molecule has 1 atom stereocenters. The molecule has 0 saturated heterocycles. The Bertz CT molecular complexity index is 820. The third kappa shape index (κ3) is 3.69. The van der Waals surface area contributed by atoms with Crippen molar-refractivity contribution < 1.29 is 19.1 Å². The molecule has 1 aliphatic heterocycles. The molecule has 2 aromatic rings. The normalized spacial score (nSPS) is 18.6. The van der Waals surface area contributed by atoms with Crippen LogP contribution in [0.15, 0.2) is 66.9 Å². The van der Waals surface area contributed by atoms with Crippen molar-refractivity contribution in [2.45, 2.75) is 19.2 Å². The SMILES string of the molecule is CCOC(=O)C1(c2cccc(OCc3ccccc3)c2)NC=CC(=O)N1. The first-order valence-corrected chi connectivity index (χ1v) is 8.35. The molecule has 2 N–H and O–H groups in total. The molecule has 0 bridgehead atoms. The van der Waals surface area contributed by atoms with Gasteiger partial charge in [0.15, 0.2) is 0 Å². The first kappa shape index (κ1) is 17.5. The number of rotatable bonds is 6. The van der Waals surface area contributed by atoms with Crippen molar-refractivity contribution in [1.29, 1.82) is 0 Å². The maximum atomic E-state index is 12.6. The van der Waals surface area contributed by atoms with Crippen molar-refractivity contribution in [1.82, 2.24) is 10.6 Å². The van der Waals surface area contributed by atoms with Crippen molar-refractivity contribution in [2.24, 2.45) is 0 Å². The number of esters is 1. The van der Waals surface area contributed by atoms with Crippen molar-refractivity contribution >= 4 is 11.9 Å². The van der Waals surface area contributed by atoms with E-state index in [-0.39, 0.29) is 12.5 Å². The number of hydrogen-bond donors (Lipinski definition) is 2. The summed E-state index contributed by atoms with van der Waals surface area (Å²) in [5, 5.41) is 5.59. The molecule has 3 rings (SSSR count). The molecule has 6 heteroatoms. The summed E-state index contributed by atoms with van der Waals surface area (Å²) in [5.41, 5.74) is 0.0813. The summed E-state index contributed by atoms with van der Waals surface area (Å²) in [7, 11) is 0. The number of amides is 1. The Morgan fingerprint density at radius 1 is 1.12 bits per heavy atom. The van der Waals surface area contributed by atoms with Gasteiger partial charge in [-0.1, -0.05) is 42.5 Å². The second kappa shape index (κ2) is 7.74. The Kier molecular flexibility index (Phi) is 5.22. The molecule has 1 amide bonds.